The number of amides is 1. The first-order valence-electron chi connectivity index (χ1n) is 6.70. The second-order valence-corrected chi connectivity index (χ2v) is 4.99. The fraction of sp³-hybridized carbons (Fsp3) is 0.750. The molecule has 7 heteroatoms. The Balaban J connectivity index is 1.57. The number of carbonyl (C=O) groups is 1. The molecule has 104 valence electrons. The van der Waals surface area contributed by atoms with Crippen molar-refractivity contribution in [1.29, 1.82) is 0 Å². The topological polar surface area (TPSA) is 71.7 Å². The third-order valence-corrected chi connectivity index (χ3v) is 3.72. The zero-order valence-corrected chi connectivity index (χ0v) is 11.0. The van der Waals surface area contributed by atoms with Crippen LogP contribution in [-0.4, -0.2) is 60.0 Å². The van der Waals surface area contributed by atoms with Crippen LogP contribution in [0.3, 0.4) is 0 Å². The summed E-state index contributed by atoms with van der Waals surface area (Å²) in [7, 11) is 0. The van der Waals surface area contributed by atoms with Gasteiger partial charge in [-0.1, -0.05) is 5.16 Å². The van der Waals surface area contributed by atoms with E-state index in [4.69, 9.17) is 9.37 Å². The van der Waals surface area contributed by atoms with Crippen LogP contribution in [0.25, 0.3) is 0 Å². The predicted octanol–water partition coefficient (Wildman–Crippen LogP) is 0.206. The summed E-state index contributed by atoms with van der Waals surface area (Å²) in [6.07, 6.45) is 1.62. The van der Waals surface area contributed by atoms with Crippen molar-refractivity contribution in [3.05, 3.63) is 5.69 Å². The molecule has 2 fully saturated rings. The summed E-state index contributed by atoms with van der Waals surface area (Å²) in [4.78, 5) is 16.2. The number of ether oxygens (including phenoxy) is 1. The van der Waals surface area contributed by atoms with Gasteiger partial charge in [0.25, 0.3) is 5.91 Å². The molecule has 0 N–H and O–H groups in total. The molecular weight excluding hydrogens is 248 g/mol. The maximum atomic E-state index is 12.2. The molecule has 1 aromatic rings. The van der Waals surface area contributed by atoms with Gasteiger partial charge in [-0.25, -0.2) is 4.63 Å². The van der Waals surface area contributed by atoms with Gasteiger partial charge in [-0.15, -0.1) is 0 Å². The lowest BCUT2D eigenvalue weighted by Gasteiger charge is -2.35. The maximum Gasteiger partial charge on any atom is 0.251 e. The van der Waals surface area contributed by atoms with Crippen molar-refractivity contribution in [1.82, 2.24) is 15.2 Å². The molecule has 2 aliphatic heterocycles. The molecule has 2 aliphatic rings. The average molecular weight is 266 g/mol. The van der Waals surface area contributed by atoms with Gasteiger partial charge < -0.3 is 14.5 Å². The van der Waals surface area contributed by atoms with Crippen molar-refractivity contribution in [2.45, 2.75) is 25.9 Å². The van der Waals surface area contributed by atoms with Crippen LogP contribution in [0, 0.1) is 6.92 Å². The Hall–Kier alpha value is -1.63. The largest absolute Gasteiger partial charge is 0.368 e. The van der Waals surface area contributed by atoms with Crippen LogP contribution in [0.4, 0.5) is 5.82 Å². The Kier molecular flexibility index (Phi) is 3.37. The Morgan fingerprint density at radius 3 is 2.63 bits per heavy atom. The highest BCUT2D eigenvalue weighted by Crippen LogP contribution is 2.19. The molecule has 0 saturated carbocycles. The minimum atomic E-state index is -0.220. The number of carbonyl (C=O) groups excluding carboxylic acids is 1. The molecule has 0 aromatic carbocycles. The first-order chi connectivity index (χ1) is 9.25. The van der Waals surface area contributed by atoms with Crippen molar-refractivity contribution in [2.75, 3.05) is 37.7 Å². The summed E-state index contributed by atoms with van der Waals surface area (Å²) in [6, 6.07) is 0. The first kappa shape index (κ1) is 12.4. The lowest BCUT2D eigenvalue weighted by molar-refractivity contribution is -0.141. The van der Waals surface area contributed by atoms with E-state index in [1.807, 2.05) is 11.8 Å². The standard InChI is InChI=1S/C12H18N4O3/c1-9-11(14-19-13-9)15-4-6-16(7-5-15)12(17)10-3-2-8-18-10/h10H,2-8H2,1H3/t10-/m1/s1. The summed E-state index contributed by atoms with van der Waals surface area (Å²) in [5.41, 5.74) is 0.791. The second-order valence-electron chi connectivity index (χ2n) is 4.99. The van der Waals surface area contributed by atoms with Crippen molar-refractivity contribution >= 4 is 11.7 Å². The Morgan fingerprint density at radius 2 is 2.05 bits per heavy atom. The minimum absolute atomic E-state index is 0.132. The normalized spacial score (nSPS) is 23.9. The van der Waals surface area contributed by atoms with E-state index in [0.717, 1.165) is 37.4 Å². The molecule has 0 aliphatic carbocycles. The molecule has 0 radical (unpaired) electrons. The molecule has 2 saturated heterocycles. The molecule has 3 heterocycles. The van der Waals surface area contributed by atoms with Crippen molar-refractivity contribution < 1.29 is 14.2 Å². The minimum Gasteiger partial charge on any atom is -0.368 e. The molecule has 19 heavy (non-hydrogen) atoms. The molecule has 1 atom stereocenters. The monoisotopic (exact) mass is 266 g/mol. The second kappa shape index (κ2) is 5.16. The number of piperazine rings is 1. The molecule has 3 rings (SSSR count). The van der Waals surface area contributed by atoms with Gasteiger partial charge in [0.05, 0.1) is 0 Å². The Bertz CT molecular complexity index is 448. The fourth-order valence-corrected chi connectivity index (χ4v) is 2.63. The first-order valence-corrected chi connectivity index (χ1v) is 6.70. The number of anilines is 1. The highest BCUT2D eigenvalue weighted by Gasteiger charge is 2.31. The van der Waals surface area contributed by atoms with E-state index in [-0.39, 0.29) is 12.0 Å². The smallest absolute Gasteiger partial charge is 0.251 e. The average Bonchev–Trinajstić information content (AvgIpc) is 3.09. The summed E-state index contributed by atoms with van der Waals surface area (Å²) in [5.74, 6) is 0.913. The molecular formula is C12H18N4O3. The number of rotatable bonds is 2. The summed E-state index contributed by atoms with van der Waals surface area (Å²) in [5, 5.41) is 7.68. The van der Waals surface area contributed by atoms with Crippen molar-refractivity contribution in [2.24, 2.45) is 0 Å². The lowest BCUT2D eigenvalue weighted by atomic mass is 10.2. The van der Waals surface area contributed by atoms with Crippen LogP contribution in [-0.2, 0) is 9.53 Å². The van der Waals surface area contributed by atoms with Crippen LogP contribution >= 0.6 is 0 Å². The molecule has 1 aromatic heterocycles. The Morgan fingerprint density at radius 1 is 1.26 bits per heavy atom. The molecule has 0 unspecified atom stereocenters. The number of hydrogen-bond acceptors (Lipinski definition) is 6. The van der Waals surface area contributed by atoms with Gasteiger partial charge in [0, 0.05) is 32.8 Å². The zero-order chi connectivity index (χ0) is 13.2. The zero-order valence-electron chi connectivity index (χ0n) is 11.0. The van der Waals surface area contributed by atoms with E-state index in [1.165, 1.54) is 0 Å². The van der Waals surface area contributed by atoms with Crippen LogP contribution in [0.2, 0.25) is 0 Å². The summed E-state index contributed by atoms with van der Waals surface area (Å²) < 4.78 is 10.2. The Labute approximate surface area is 111 Å². The SMILES string of the molecule is Cc1nonc1N1CCN(C(=O)[C@H]2CCCO2)CC1. The molecule has 0 spiro atoms. The van der Waals surface area contributed by atoms with Crippen LogP contribution in [0.1, 0.15) is 18.5 Å². The van der Waals surface area contributed by atoms with Gasteiger partial charge in [-0.2, -0.15) is 0 Å². The van der Waals surface area contributed by atoms with E-state index in [2.05, 4.69) is 15.2 Å². The van der Waals surface area contributed by atoms with Gasteiger partial charge in [0.15, 0.2) is 5.82 Å². The highest BCUT2D eigenvalue weighted by molar-refractivity contribution is 5.81. The van der Waals surface area contributed by atoms with Crippen LogP contribution in [0.15, 0.2) is 4.63 Å². The summed E-state index contributed by atoms with van der Waals surface area (Å²) >= 11 is 0. The maximum absolute atomic E-state index is 12.2. The van der Waals surface area contributed by atoms with Gasteiger partial charge in [-0.05, 0) is 24.9 Å². The van der Waals surface area contributed by atoms with Gasteiger partial charge in [0.1, 0.15) is 11.8 Å². The third kappa shape index (κ3) is 2.42. The van der Waals surface area contributed by atoms with E-state index >= 15 is 0 Å². The van der Waals surface area contributed by atoms with Crippen LogP contribution < -0.4 is 4.90 Å². The van der Waals surface area contributed by atoms with E-state index in [1.54, 1.807) is 0 Å². The predicted molar refractivity (Wildman–Crippen MR) is 66.8 cm³/mol. The highest BCUT2D eigenvalue weighted by atomic mass is 16.6. The van der Waals surface area contributed by atoms with E-state index < -0.39 is 0 Å². The van der Waals surface area contributed by atoms with Crippen molar-refractivity contribution in [3.8, 4) is 0 Å². The van der Waals surface area contributed by atoms with E-state index in [9.17, 15) is 4.79 Å². The third-order valence-electron chi connectivity index (χ3n) is 3.72. The van der Waals surface area contributed by atoms with Gasteiger partial charge >= 0.3 is 0 Å². The molecule has 1 amide bonds. The lowest BCUT2D eigenvalue weighted by Crippen LogP contribution is -2.51. The van der Waals surface area contributed by atoms with Gasteiger partial charge in [-0.3, -0.25) is 4.79 Å². The number of aryl methyl sites for hydroxylation is 1. The van der Waals surface area contributed by atoms with Crippen LogP contribution in [0.5, 0.6) is 0 Å². The molecule has 0 bridgehead atoms. The van der Waals surface area contributed by atoms with E-state index in [0.29, 0.717) is 19.7 Å². The number of nitrogens with zero attached hydrogens (tertiary/aromatic N) is 4. The molecule has 7 nitrogen and oxygen atoms in total. The summed E-state index contributed by atoms with van der Waals surface area (Å²) in [6.45, 7) is 5.49. The number of aromatic nitrogens is 2. The van der Waals surface area contributed by atoms with Gasteiger partial charge in [0.2, 0.25) is 0 Å². The quantitative estimate of drug-likeness (QED) is 0.762. The fourth-order valence-electron chi connectivity index (χ4n) is 2.63. The number of hydrogen-bond donors (Lipinski definition) is 0. The van der Waals surface area contributed by atoms with Crippen molar-refractivity contribution in [3.63, 3.8) is 0 Å².